The number of carbonyl (C=O) groups is 1. The molecule has 1 aliphatic heterocycles. The molecule has 0 atom stereocenters. The number of hydrogen-bond donors (Lipinski definition) is 0. The fourth-order valence-corrected chi connectivity index (χ4v) is 2.83. The smallest absolute Gasteiger partial charge is 0.410 e. The average molecular weight is 319 g/mol. The normalized spacial score (nSPS) is 17.1. The maximum Gasteiger partial charge on any atom is 0.410 e. The van der Waals surface area contributed by atoms with Gasteiger partial charge < -0.3 is 14.4 Å². The zero-order chi connectivity index (χ0) is 17.3. The van der Waals surface area contributed by atoms with Gasteiger partial charge in [-0.1, -0.05) is 38.1 Å². The van der Waals surface area contributed by atoms with Crippen LogP contribution in [0.15, 0.2) is 24.3 Å². The topological polar surface area (TPSA) is 38.8 Å². The molecule has 128 valence electrons. The Morgan fingerprint density at radius 1 is 1.22 bits per heavy atom. The largest absolute Gasteiger partial charge is 0.444 e. The van der Waals surface area contributed by atoms with Crippen LogP contribution in [0.1, 0.15) is 58.6 Å². The van der Waals surface area contributed by atoms with Gasteiger partial charge in [0.05, 0.1) is 13.1 Å². The SMILES string of the molecule is CCOC1(c2ccc(C(C)C)cc2)CN(C(=O)OC(C)(C)C)C1. The first kappa shape index (κ1) is 17.8. The van der Waals surface area contributed by atoms with Gasteiger partial charge in [-0.15, -0.1) is 0 Å². The number of ether oxygens (including phenoxy) is 2. The third-order valence-corrected chi connectivity index (χ3v) is 4.07. The number of amides is 1. The summed E-state index contributed by atoms with van der Waals surface area (Å²) in [5.41, 5.74) is 1.56. The monoisotopic (exact) mass is 319 g/mol. The van der Waals surface area contributed by atoms with E-state index >= 15 is 0 Å². The highest BCUT2D eigenvalue weighted by molar-refractivity contribution is 5.70. The van der Waals surface area contributed by atoms with Crippen molar-refractivity contribution in [1.82, 2.24) is 4.90 Å². The highest BCUT2D eigenvalue weighted by Gasteiger charge is 2.48. The first-order valence-electron chi connectivity index (χ1n) is 8.39. The molecule has 0 saturated carbocycles. The Bertz CT molecular complexity index is 537. The van der Waals surface area contributed by atoms with Crippen molar-refractivity contribution in [2.45, 2.75) is 58.7 Å². The van der Waals surface area contributed by atoms with E-state index in [2.05, 4.69) is 38.1 Å². The molecule has 4 heteroatoms. The highest BCUT2D eigenvalue weighted by atomic mass is 16.6. The molecule has 0 unspecified atom stereocenters. The summed E-state index contributed by atoms with van der Waals surface area (Å²) < 4.78 is 11.4. The second-order valence-corrected chi connectivity index (χ2v) is 7.54. The van der Waals surface area contributed by atoms with Gasteiger partial charge in [0.2, 0.25) is 0 Å². The van der Waals surface area contributed by atoms with Gasteiger partial charge in [0, 0.05) is 6.61 Å². The Balaban J connectivity index is 2.10. The van der Waals surface area contributed by atoms with Crippen molar-refractivity contribution >= 4 is 6.09 Å². The Morgan fingerprint density at radius 2 is 1.78 bits per heavy atom. The van der Waals surface area contributed by atoms with Crippen LogP contribution in [0.2, 0.25) is 0 Å². The van der Waals surface area contributed by atoms with E-state index in [0.29, 0.717) is 25.6 Å². The van der Waals surface area contributed by atoms with E-state index in [1.165, 1.54) is 5.56 Å². The second kappa shape index (κ2) is 6.52. The summed E-state index contributed by atoms with van der Waals surface area (Å²) in [7, 11) is 0. The van der Waals surface area contributed by atoms with E-state index < -0.39 is 11.2 Å². The van der Waals surface area contributed by atoms with E-state index in [0.717, 1.165) is 5.56 Å². The molecule has 0 aliphatic carbocycles. The van der Waals surface area contributed by atoms with Crippen molar-refractivity contribution in [3.8, 4) is 0 Å². The number of nitrogens with zero attached hydrogens (tertiary/aromatic N) is 1. The number of rotatable bonds is 4. The minimum atomic E-state index is -0.472. The number of likely N-dealkylation sites (tertiary alicyclic amines) is 1. The molecule has 0 radical (unpaired) electrons. The Hall–Kier alpha value is -1.55. The molecule has 1 aliphatic rings. The lowest BCUT2D eigenvalue weighted by atomic mass is 9.85. The van der Waals surface area contributed by atoms with Crippen LogP contribution in [0.5, 0.6) is 0 Å². The molecule has 0 spiro atoms. The molecule has 1 saturated heterocycles. The minimum absolute atomic E-state index is 0.272. The van der Waals surface area contributed by atoms with E-state index in [1.54, 1.807) is 4.90 Å². The summed E-state index contributed by atoms with van der Waals surface area (Å²) in [5.74, 6) is 0.506. The predicted octanol–water partition coefficient (Wildman–Crippen LogP) is 4.29. The van der Waals surface area contributed by atoms with Crippen molar-refractivity contribution in [2.75, 3.05) is 19.7 Å². The maximum absolute atomic E-state index is 12.2. The first-order valence-corrected chi connectivity index (χ1v) is 8.39. The summed E-state index contributed by atoms with van der Waals surface area (Å²) in [6.45, 7) is 13.7. The molecule has 0 N–H and O–H groups in total. The van der Waals surface area contributed by atoms with E-state index in [1.807, 2.05) is 27.7 Å². The fraction of sp³-hybridized carbons (Fsp3) is 0.632. The lowest BCUT2D eigenvalue weighted by Crippen LogP contribution is -2.63. The molecule has 23 heavy (non-hydrogen) atoms. The molecule has 2 rings (SSSR count). The molecule has 1 aromatic carbocycles. The first-order chi connectivity index (χ1) is 10.7. The van der Waals surface area contributed by atoms with Crippen molar-refractivity contribution in [3.63, 3.8) is 0 Å². The summed E-state index contributed by atoms with van der Waals surface area (Å²) in [4.78, 5) is 13.9. The standard InChI is InChI=1S/C19H29NO3/c1-7-22-19(16-10-8-15(9-11-16)14(2)3)12-20(13-19)17(21)23-18(4,5)6/h8-11,14H,7,12-13H2,1-6H3. The fourth-order valence-electron chi connectivity index (χ4n) is 2.83. The summed E-state index contributed by atoms with van der Waals surface area (Å²) in [6.07, 6.45) is -0.272. The highest BCUT2D eigenvalue weighted by Crippen LogP contribution is 2.37. The van der Waals surface area contributed by atoms with E-state index in [9.17, 15) is 4.79 Å². The van der Waals surface area contributed by atoms with Crippen LogP contribution in [0.25, 0.3) is 0 Å². The predicted molar refractivity (Wildman–Crippen MR) is 91.6 cm³/mol. The second-order valence-electron chi connectivity index (χ2n) is 7.54. The number of benzene rings is 1. The van der Waals surface area contributed by atoms with Gasteiger partial charge in [-0.2, -0.15) is 0 Å². The van der Waals surface area contributed by atoms with Crippen LogP contribution in [0.4, 0.5) is 4.79 Å². The molecular formula is C19H29NO3. The van der Waals surface area contributed by atoms with Gasteiger partial charge in [0.25, 0.3) is 0 Å². The molecular weight excluding hydrogens is 290 g/mol. The third-order valence-electron chi connectivity index (χ3n) is 4.07. The van der Waals surface area contributed by atoms with Crippen molar-refractivity contribution in [2.24, 2.45) is 0 Å². The van der Waals surface area contributed by atoms with Crippen LogP contribution < -0.4 is 0 Å². The Kier molecular flexibility index (Phi) is 5.04. The van der Waals surface area contributed by atoms with Crippen molar-refractivity contribution in [1.29, 1.82) is 0 Å². The van der Waals surface area contributed by atoms with Crippen LogP contribution in [-0.4, -0.2) is 36.3 Å². The Labute approximate surface area is 139 Å². The molecule has 0 bridgehead atoms. The van der Waals surface area contributed by atoms with Gasteiger partial charge in [0.15, 0.2) is 0 Å². The lowest BCUT2D eigenvalue weighted by molar-refractivity contribution is -0.142. The van der Waals surface area contributed by atoms with Gasteiger partial charge >= 0.3 is 6.09 Å². The third kappa shape index (κ3) is 4.05. The minimum Gasteiger partial charge on any atom is -0.444 e. The summed E-state index contributed by atoms with van der Waals surface area (Å²) in [6, 6.07) is 8.54. The van der Waals surface area contributed by atoms with Gasteiger partial charge in [-0.3, -0.25) is 0 Å². The van der Waals surface area contributed by atoms with Gasteiger partial charge in [-0.05, 0) is 44.7 Å². The Morgan fingerprint density at radius 3 is 2.22 bits per heavy atom. The van der Waals surface area contributed by atoms with Crippen molar-refractivity contribution in [3.05, 3.63) is 35.4 Å². The molecule has 1 aromatic rings. The van der Waals surface area contributed by atoms with Crippen LogP contribution in [0.3, 0.4) is 0 Å². The quantitative estimate of drug-likeness (QED) is 0.831. The number of hydrogen-bond acceptors (Lipinski definition) is 3. The molecule has 1 amide bonds. The van der Waals surface area contributed by atoms with Gasteiger partial charge in [-0.25, -0.2) is 4.79 Å². The zero-order valence-corrected chi connectivity index (χ0v) is 15.2. The number of carbonyl (C=O) groups excluding carboxylic acids is 1. The lowest BCUT2D eigenvalue weighted by Gasteiger charge is -2.49. The van der Waals surface area contributed by atoms with E-state index in [-0.39, 0.29) is 6.09 Å². The molecule has 1 heterocycles. The molecule has 0 aromatic heterocycles. The van der Waals surface area contributed by atoms with E-state index in [4.69, 9.17) is 9.47 Å². The zero-order valence-electron chi connectivity index (χ0n) is 15.2. The molecule has 1 fully saturated rings. The van der Waals surface area contributed by atoms with Crippen LogP contribution in [0, 0.1) is 0 Å². The van der Waals surface area contributed by atoms with Gasteiger partial charge in [0.1, 0.15) is 11.2 Å². The average Bonchev–Trinajstić information content (AvgIpc) is 2.40. The maximum atomic E-state index is 12.2. The van der Waals surface area contributed by atoms with Crippen molar-refractivity contribution < 1.29 is 14.3 Å². The summed E-state index contributed by atoms with van der Waals surface area (Å²) >= 11 is 0. The van der Waals surface area contributed by atoms with Crippen LogP contribution in [-0.2, 0) is 15.1 Å². The summed E-state index contributed by atoms with van der Waals surface area (Å²) in [5, 5.41) is 0. The molecule has 4 nitrogen and oxygen atoms in total. The van der Waals surface area contributed by atoms with Crippen LogP contribution >= 0.6 is 0 Å².